The molecule has 3 rings (SSSR count). The Bertz CT molecular complexity index is 1130. The third kappa shape index (κ3) is 8.24. The molecule has 0 atom stereocenters. The van der Waals surface area contributed by atoms with Gasteiger partial charge in [0.05, 0.1) is 13.3 Å². The van der Waals surface area contributed by atoms with Gasteiger partial charge in [-0.05, 0) is 55.0 Å². The average molecular weight is 481 g/mol. The zero-order chi connectivity index (χ0) is 25.0. The standard InChI is InChI=1S/C27H33FN4O3/c1-20(2)10-6-4-5-7-13-27(33)29-17-21-14-15-25(26(16-21)34-3)35-19-22-18-32(31-30-22)24-12-9-8-11-23(24)28/h6,8-12,14-16,18,20H,4-5,7,13,17,19H2,1-3H3,(H,29,33)/b10-6+. The van der Waals surface area contributed by atoms with Crippen LogP contribution in [-0.2, 0) is 17.9 Å². The van der Waals surface area contributed by atoms with Gasteiger partial charge in [0.15, 0.2) is 11.5 Å². The van der Waals surface area contributed by atoms with Crippen LogP contribution in [0.5, 0.6) is 11.5 Å². The summed E-state index contributed by atoms with van der Waals surface area (Å²) in [7, 11) is 1.56. The zero-order valence-corrected chi connectivity index (χ0v) is 20.5. The number of benzene rings is 2. The topological polar surface area (TPSA) is 78.3 Å². The number of nitrogens with zero attached hydrogens (tertiary/aromatic N) is 3. The van der Waals surface area contributed by atoms with Gasteiger partial charge in [-0.25, -0.2) is 9.07 Å². The molecule has 1 amide bonds. The first kappa shape index (κ1) is 25.9. The second kappa shape index (κ2) is 13.3. The summed E-state index contributed by atoms with van der Waals surface area (Å²) in [5, 5.41) is 11.0. The Morgan fingerprint density at radius 3 is 2.77 bits per heavy atom. The van der Waals surface area contributed by atoms with Crippen molar-refractivity contribution in [1.29, 1.82) is 0 Å². The number of methoxy groups -OCH3 is 1. The highest BCUT2D eigenvalue weighted by Gasteiger charge is 2.11. The summed E-state index contributed by atoms with van der Waals surface area (Å²) in [4.78, 5) is 12.1. The maximum absolute atomic E-state index is 13.9. The molecular formula is C27H33FN4O3. The minimum atomic E-state index is -0.381. The number of aromatic nitrogens is 3. The molecule has 0 unspecified atom stereocenters. The molecule has 8 heteroatoms. The van der Waals surface area contributed by atoms with E-state index in [4.69, 9.17) is 9.47 Å². The summed E-state index contributed by atoms with van der Waals surface area (Å²) in [6, 6.07) is 11.9. The quantitative estimate of drug-likeness (QED) is 0.262. The molecule has 2 aromatic carbocycles. The molecule has 0 fully saturated rings. The van der Waals surface area contributed by atoms with Gasteiger partial charge in [0.25, 0.3) is 0 Å². The largest absolute Gasteiger partial charge is 0.493 e. The minimum absolute atomic E-state index is 0.0371. The van der Waals surface area contributed by atoms with E-state index in [1.54, 1.807) is 37.6 Å². The monoisotopic (exact) mass is 480 g/mol. The maximum Gasteiger partial charge on any atom is 0.220 e. The van der Waals surface area contributed by atoms with E-state index in [0.717, 1.165) is 24.8 Å². The lowest BCUT2D eigenvalue weighted by atomic mass is 10.1. The van der Waals surface area contributed by atoms with Gasteiger partial charge in [-0.1, -0.05) is 49.4 Å². The SMILES string of the molecule is COc1cc(CNC(=O)CCCC/C=C/C(C)C)ccc1OCc1cn(-c2ccccc2F)nn1. The van der Waals surface area contributed by atoms with Gasteiger partial charge in [-0.2, -0.15) is 0 Å². The van der Waals surface area contributed by atoms with Crippen LogP contribution in [0.1, 0.15) is 50.8 Å². The van der Waals surface area contributed by atoms with E-state index in [1.807, 2.05) is 12.1 Å². The van der Waals surface area contributed by atoms with Crippen LogP contribution in [0.25, 0.3) is 5.69 Å². The minimum Gasteiger partial charge on any atom is -0.493 e. The smallest absolute Gasteiger partial charge is 0.220 e. The van der Waals surface area contributed by atoms with Gasteiger partial charge in [0, 0.05) is 13.0 Å². The number of hydrogen-bond donors (Lipinski definition) is 1. The molecule has 7 nitrogen and oxygen atoms in total. The Hall–Kier alpha value is -3.68. The Kier molecular flexibility index (Phi) is 9.83. The molecular weight excluding hydrogens is 447 g/mol. The van der Waals surface area contributed by atoms with Gasteiger partial charge >= 0.3 is 0 Å². The van der Waals surface area contributed by atoms with Crippen molar-refractivity contribution in [3.8, 4) is 17.2 Å². The lowest BCUT2D eigenvalue weighted by molar-refractivity contribution is -0.121. The Labute approximate surface area is 205 Å². The Balaban J connectivity index is 1.47. The first-order valence-corrected chi connectivity index (χ1v) is 11.9. The molecule has 0 spiro atoms. The number of para-hydroxylation sites is 1. The average Bonchev–Trinajstić information content (AvgIpc) is 3.32. The molecule has 186 valence electrons. The van der Waals surface area contributed by atoms with Crippen LogP contribution in [0.3, 0.4) is 0 Å². The number of carbonyl (C=O) groups is 1. The fourth-order valence-electron chi connectivity index (χ4n) is 3.42. The summed E-state index contributed by atoms with van der Waals surface area (Å²) >= 11 is 0. The van der Waals surface area contributed by atoms with Gasteiger partial charge < -0.3 is 14.8 Å². The Morgan fingerprint density at radius 1 is 1.17 bits per heavy atom. The number of amides is 1. The predicted molar refractivity (Wildman–Crippen MR) is 133 cm³/mol. The zero-order valence-electron chi connectivity index (χ0n) is 20.5. The van der Waals surface area contributed by atoms with Crippen molar-refractivity contribution >= 4 is 5.91 Å². The molecule has 0 saturated carbocycles. The predicted octanol–water partition coefficient (Wildman–Crippen LogP) is 5.38. The number of unbranched alkanes of at least 4 members (excludes halogenated alkanes) is 2. The number of hydrogen-bond acceptors (Lipinski definition) is 5. The van der Waals surface area contributed by atoms with Crippen molar-refractivity contribution in [2.24, 2.45) is 5.92 Å². The normalized spacial score (nSPS) is 11.2. The summed E-state index contributed by atoms with van der Waals surface area (Å²) in [5.74, 6) is 1.31. The number of allylic oxidation sites excluding steroid dienone is 2. The molecule has 0 aliphatic carbocycles. The van der Waals surface area contributed by atoms with E-state index in [1.165, 1.54) is 10.7 Å². The summed E-state index contributed by atoms with van der Waals surface area (Å²) in [6.07, 6.45) is 9.39. The fourth-order valence-corrected chi connectivity index (χ4v) is 3.42. The number of ether oxygens (including phenoxy) is 2. The molecule has 1 N–H and O–H groups in total. The Morgan fingerprint density at radius 2 is 2.00 bits per heavy atom. The molecule has 1 aromatic heterocycles. The van der Waals surface area contributed by atoms with E-state index in [9.17, 15) is 9.18 Å². The molecule has 3 aromatic rings. The van der Waals surface area contributed by atoms with Gasteiger partial charge in [0.2, 0.25) is 5.91 Å². The van der Waals surface area contributed by atoms with Crippen molar-refractivity contribution < 1.29 is 18.7 Å². The van der Waals surface area contributed by atoms with E-state index in [-0.39, 0.29) is 18.3 Å². The summed E-state index contributed by atoms with van der Waals surface area (Å²) in [5.41, 5.74) is 1.78. The first-order valence-electron chi connectivity index (χ1n) is 11.9. The van der Waals surface area contributed by atoms with Crippen LogP contribution in [0.2, 0.25) is 0 Å². The highest BCUT2D eigenvalue weighted by Crippen LogP contribution is 2.29. The molecule has 0 radical (unpaired) electrons. The number of nitrogens with one attached hydrogen (secondary N) is 1. The van der Waals surface area contributed by atoms with Crippen molar-refractivity contribution in [1.82, 2.24) is 20.3 Å². The van der Waals surface area contributed by atoms with Crippen LogP contribution < -0.4 is 14.8 Å². The lowest BCUT2D eigenvalue weighted by Gasteiger charge is -2.12. The van der Waals surface area contributed by atoms with Crippen LogP contribution in [0.4, 0.5) is 4.39 Å². The first-order chi connectivity index (χ1) is 17.0. The maximum atomic E-state index is 13.9. The molecule has 1 heterocycles. The number of rotatable bonds is 13. The van der Waals surface area contributed by atoms with Crippen LogP contribution in [0.15, 0.2) is 60.8 Å². The summed E-state index contributed by atoms with van der Waals surface area (Å²) in [6.45, 7) is 4.87. The van der Waals surface area contributed by atoms with Crippen molar-refractivity contribution in [3.05, 3.63) is 77.9 Å². The molecule has 0 aliphatic heterocycles. The van der Waals surface area contributed by atoms with Crippen molar-refractivity contribution in [2.75, 3.05) is 7.11 Å². The van der Waals surface area contributed by atoms with E-state index in [2.05, 4.69) is 41.6 Å². The molecule has 35 heavy (non-hydrogen) atoms. The van der Waals surface area contributed by atoms with Gasteiger partial charge in [-0.15, -0.1) is 5.10 Å². The van der Waals surface area contributed by atoms with Gasteiger partial charge in [-0.3, -0.25) is 4.79 Å². The van der Waals surface area contributed by atoms with E-state index < -0.39 is 0 Å². The van der Waals surface area contributed by atoms with Crippen LogP contribution in [-0.4, -0.2) is 28.0 Å². The second-order valence-corrected chi connectivity index (χ2v) is 8.57. The molecule has 0 bridgehead atoms. The van der Waals surface area contributed by atoms with Crippen molar-refractivity contribution in [3.63, 3.8) is 0 Å². The van der Waals surface area contributed by atoms with Crippen LogP contribution in [0, 0.1) is 11.7 Å². The number of carbonyl (C=O) groups excluding carboxylic acids is 1. The third-order valence-electron chi connectivity index (χ3n) is 5.28. The van der Waals surface area contributed by atoms with Crippen LogP contribution >= 0.6 is 0 Å². The third-order valence-corrected chi connectivity index (χ3v) is 5.28. The lowest BCUT2D eigenvalue weighted by Crippen LogP contribution is -2.22. The van der Waals surface area contributed by atoms with E-state index in [0.29, 0.717) is 41.8 Å². The molecule has 0 aliphatic rings. The highest BCUT2D eigenvalue weighted by atomic mass is 19.1. The number of halogens is 1. The molecule has 0 saturated heterocycles. The van der Waals surface area contributed by atoms with E-state index >= 15 is 0 Å². The summed E-state index contributed by atoms with van der Waals surface area (Å²) < 4.78 is 26.6. The van der Waals surface area contributed by atoms with Crippen molar-refractivity contribution in [2.45, 2.75) is 52.7 Å². The second-order valence-electron chi connectivity index (χ2n) is 8.57. The highest BCUT2D eigenvalue weighted by molar-refractivity contribution is 5.75. The fraction of sp³-hybridized carbons (Fsp3) is 0.370. The van der Waals surface area contributed by atoms with Gasteiger partial charge in [0.1, 0.15) is 23.8 Å².